The van der Waals surface area contributed by atoms with E-state index in [1.54, 1.807) is 7.05 Å². The van der Waals surface area contributed by atoms with Gasteiger partial charge in [0.2, 0.25) is 0 Å². The Kier molecular flexibility index (Phi) is 8.06. The average Bonchev–Trinajstić information content (AvgIpc) is 2.91. The van der Waals surface area contributed by atoms with Gasteiger partial charge in [-0.15, -0.1) is 24.0 Å². The van der Waals surface area contributed by atoms with Gasteiger partial charge in [0.1, 0.15) is 0 Å². The van der Waals surface area contributed by atoms with Gasteiger partial charge in [-0.2, -0.15) is 0 Å². The van der Waals surface area contributed by atoms with E-state index < -0.39 is 0 Å². The van der Waals surface area contributed by atoms with Gasteiger partial charge in [0.25, 0.3) is 0 Å². The zero-order valence-corrected chi connectivity index (χ0v) is 15.5. The number of hydrogen-bond donors (Lipinski definition) is 2. The Hall–Kier alpha value is -0.790. The Morgan fingerprint density at radius 1 is 1.48 bits per heavy atom. The van der Waals surface area contributed by atoms with Crippen LogP contribution in [0, 0.1) is 5.92 Å². The lowest BCUT2D eigenvalue weighted by Crippen LogP contribution is -2.44. The number of hydrogen-bond acceptors (Lipinski definition) is 3. The predicted molar refractivity (Wildman–Crippen MR) is 96.1 cm³/mol. The molecule has 1 aromatic rings. The third-order valence-corrected chi connectivity index (χ3v) is 3.90. The summed E-state index contributed by atoms with van der Waals surface area (Å²) in [4.78, 5) is 4.28. The van der Waals surface area contributed by atoms with Crippen LogP contribution in [0.15, 0.2) is 15.6 Å². The fourth-order valence-electron chi connectivity index (χ4n) is 2.73. The molecule has 1 aliphatic carbocycles. The minimum absolute atomic E-state index is 0. The SMILES string of the molecule is CCc1cc(CNC(=NC)NC2CCCC(C)C2)on1.I. The van der Waals surface area contributed by atoms with Crippen molar-refractivity contribution in [1.29, 1.82) is 0 Å². The monoisotopic (exact) mass is 406 g/mol. The van der Waals surface area contributed by atoms with Crippen LogP contribution in [-0.4, -0.2) is 24.2 Å². The second-order valence-corrected chi connectivity index (χ2v) is 5.68. The molecule has 0 aliphatic heterocycles. The summed E-state index contributed by atoms with van der Waals surface area (Å²) in [6.07, 6.45) is 6.01. The van der Waals surface area contributed by atoms with Crippen LogP contribution >= 0.6 is 24.0 Å². The van der Waals surface area contributed by atoms with Crippen molar-refractivity contribution in [3.05, 3.63) is 17.5 Å². The molecule has 6 heteroatoms. The van der Waals surface area contributed by atoms with Crippen molar-refractivity contribution in [2.45, 2.75) is 58.5 Å². The molecule has 0 radical (unpaired) electrons. The Labute approximate surface area is 144 Å². The molecular formula is C15H27IN4O. The normalized spacial score (nSPS) is 22.5. The summed E-state index contributed by atoms with van der Waals surface area (Å²) < 4.78 is 5.26. The van der Waals surface area contributed by atoms with Crippen LogP contribution in [-0.2, 0) is 13.0 Å². The summed E-state index contributed by atoms with van der Waals surface area (Å²) in [6, 6.07) is 2.52. The number of rotatable bonds is 4. The molecule has 1 saturated carbocycles. The number of aromatic nitrogens is 1. The van der Waals surface area contributed by atoms with Crippen molar-refractivity contribution in [3.63, 3.8) is 0 Å². The number of guanidine groups is 1. The van der Waals surface area contributed by atoms with Gasteiger partial charge in [0.15, 0.2) is 11.7 Å². The molecule has 2 N–H and O–H groups in total. The highest BCUT2D eigenvalue weighted by molar-refractivity contribution is 14.0. The minimum atomic E-state index is 0. The molecule has 0 bridgehead atoms. The van der Waals surface area contributed by atoms with E-state index in [9.17, 15) is 0 Å². The molecule has 1 aromatic heterocycles. The largest absolute Gasteiger partial charge is 0.359 e. The number of nitrogens with one attached hydrogen (secondary N) is 2. The van der Waals surface area contributed by atoms with Crippen LogP contribution < -0.4 is 10.6 Å². The van der Waals surface area contributed by atoms with E-state index in [0.29, 0.717) is 12.6 Å². The number of aryl methyl sites for hydroxylation is 1. The van der Waals surface area contributed by atoms with Crippen molar-refractivity contribution < 1.29 is 4.52 Å². The molecule has 2 atom stereocenters. The summed E-state index contributed by atoms with van der Waals surface area (Å²) >= 11 is 0. The molecule has 1 heterocycles. The molecule has 2 rings (SSSR count). The molecule has 120 valence electrons. The number of nitrogens with zero attached hydrogens (tertiary/aromatic N) is 2. The molecule has 0 aromatic carbocycles. The van der Waals surface area contributed by atoms with E-state index >= 15 is 0 Å². The van der Waals surface area contributed by atoms with Crippen molar-refractivity contribution in [3.8, 4) is 0 Å². The standard InChI is InChI=1S/C15H26N4O.HI/c1-4-12-9-14(20-19-12)10-17-15(16-3)18-13-7-5-6-11(2)8-13;/h9,11,13H,4-8,10H2,1-3H3,(H2,16,17,18);1H. The highest BCUT2D eigenvalue weighted by Gasteiger charge is 2.19. The van der Waals surface area contributed by atoms with E-state index in [2.05, 4.69) is 34.6 Å². The fourth-order valence-corrected chi connectivity index (χ4v) is 2.73. The van der Waals surface area contributed by atoms with Crippen molar-refractivity contribution in [2.24, 2.45) is 10.9 Å². The maximum absolute atomic E-state index is 5.26. The molecule has 1 fully saturated rings. The van der Waals surface area contributed by atoms with Gasteiger partial charge >= 0.3 is 0 Å². The van der Waals surface area contributed by atoms with Gasteiger partial charge in [0.05, 0.1) is 12.2 Å². The van der Waals surface area contributed by atoms with Gasteiger partial charge in [-0.25, -0.2) is 0 Å². The first-order chi connectivity index (χ1) is 9.71. The topological polar surface area (TPSA) is 62.5 Å². The Morgan fingerprint density at radius 3 is 2.90 bits per heavy atom. The van der Waals surface area contributed by atoms with Gasteiger partial charge in [0, 0.05) is 19.2 Å². The maximum atomic E-state index is 5.26. The summed E-state index contributed by atoms with van der Waals surface area (Å²) in [6.45, 7) is 5.01. The van der Waals surface area contributed by atoms with E-state index in [0.717, 1.165) is 29.8 Å². The molecule has 2 unspecified atom stereocenters. The van der Waals surface area contributed by atoms with Gasteiger partial charge in [-0.1, -0.05) is 31.8 Å². The highest BCUT2D eigenvalue weighted by Crippen LogP contribution is 2.23. The Morgan fingerprint density at radius 2 is 2.29 bits per heavy atom. The molecule has 0 saturated heterocycles. The molecular weight excluding hydrogens is 379 g/mol. The molecule has 1 aliphatic rings. The van der Waals surface area contributed by atoms with Crippen LogP contribution in [0.2, 0.25) is 0 Å². The number of halogens is 1. The van der Waals surface area contributed by atoms with Crippen LogP contribution in [0.5, 0.6) is 0 Å². The van der Waals surface area contributed by atoms with E-state index in [4.69, 9.17) is 4.52 Å². The van der Waals surface area contributed by atoms with Crippen molar-refractivity contribution in [2.75, 3.05) is 7.05 Å². The highest BCUT2D eigenvalue weighted by atomic mass is 127. The van der Waals surface area contributed by atoms with Gasteiger partial charge in [-0.3, -0.25) is 4.99 Å². The quantitative estimate of drug-likeness (QED) is 0.458. The Bertz CT molecular complexity index is 447. The lowest BCUT2D eigenvalue weighted by molar-refractivity contribution is 0.323. The first-order valence-corrected chi connectivity index (χ1v) is 7.63. The third-order valence-electron chi connectivity index (χ3n) is 3.90. The summed E-state index contributed by atoms with van der Waals surface area (Å²) in [7, 11) is 1.81. The maximum Gasteiger partial charge on any atom is 0.191 e. The van der Waals surface area contributed by atoms with Crippen LogP contribution in [0.4, 0.5) is 0 Å². The fraction of sp³-hybridized carbons (Fsp3) is 0.733. The molecule has 5 nitrogen and oxygen atoms in total. The van der Waals surface area contributed by atoms with E-state index in [-0.39, 0.29) is 24.0 Å². The summed E-state index contributed by atoms with van der Waals surface area (Å²) in [5, 5.41) is 10.8. The lowest BCUT2D eigenvalue weighted by Gasteiger charge is -2.28. The lowest BCUT2D eigenvalue weighted by atomic mass is 9.87. The summed E-state index contributed by atoms with van der Waals surface area (Å²) in [5.41, 5.74) is 0.992. The third kappa shape index (κ3) is 5.84. The first-order valence-electron chi connectivity index (χ1n) is 7.63. The minimum Gasteiger partial charge on any atom is -0.359 e. The second kappa shape index (κ2) is 9.27. The van der Waals surface area contributed by atoms with Gasteiger partial charge in [-0.05, 0) is 25.2 Å². The summed E-state index contributed by atoms with van der Waals surface area (Å²) in [5.74, 6) is 2.50. The van der Waals surface area contributed by atoms with E-state index in [1.165, 1.54) is 25.7 Å². The molecule has 0 amide bonds. The van der Waals surface area contributed by atoms with Crippen molar-refractivity contribution in [1.82, 2.24) is 15.8 Å². The van der Waals surface area contributed by atoms with Crippen LogP contribution in [0.1, 0.15) is 51.0 Å². The predicted octanol–water partition coefficient (Wildman–Crippen LogP) is 3.10. The van der Waals surface area contributed by atoms with Crippen LogP contribution in [0.3, 0.4) is 0 Å². The zero-order valence-electron chi connectivity index (χ0n) is 13.2. The van der Waals surface area contributed by atoms with Crippen molar-refractivity contribution >= 4 is 29.9 Å². The molecule has 21 heavy (non-hydrogen) atoms. The number of aliphatic imine (C=N–C) groups is 1. The second-order valence-electron chi connectivity index (χ2n) is 5.68. The Balaban J connectivity index is 0.00000220. The zero-order chi connectivity index (χ0) is 14.4. The van der Waals surface area contributed by atoms with Crippen LogP contribution in [0.25, 0.3) is 0 Å². The van der Waals surface area contributed by atoms with Gasteiger partial charge < -0.3 is 15.2 Å². The smallest absolute Gasteiger partial charge is 0.191 e. The average molecular weight is 406 g/mol. The first kappa shape index (κ1) is 18.3. The molecule has 0 spiro atoms. The van der Waals surface area contributed by atoms with E-state index in [1.807, 2.05) is 6.07 Å².